The van der Waals surface area contributed by atoms with Crippen LogP contribution in [0.1, 0.15) is 35.3 Å². The van der Waals surface area contributed by atoms with Crippen molar-refractivity contribution >= 4 is 11.9 Å². The third-order valence-electron chi connectivity index (χ3n) is 5.05. The number of methoxy groups -OCH3 is 2. The molecule has 148 valence electrons. The van der Waals surface area contributed by atoms with Crippen molar-refractivity contribution in [2.45, 2.75) is 20.4 Å². The fraction of sp³-hybridized carbons (Fsp3) is 0.318. The monoisotopic (exact) mass is 383 g/mol. The molecule has 0 saturated heterocycles. The van der Waals surface area contributed by atoms with Crippen LogP contribution in [0.4, 0.5) is 0 Å². The predicted octanol–water partition coefficient (Wildman–Crippen LogP) is 1.82. The van der Waals surface area contributed by atoms with Gasteiger partial charge in [-0.1, -0.05) is 11.8 Å². The molecule has 0 atom stereocenters. The molecule has 0 fully saturated rings. The summed E-state index contributed by atoms with van der Waals surface area (Å²) in [7, 11) is 3.13. The summed E-state index contributed by atoms with van der Waals surface area (Å²) in [6, 6.07) is 8.32. The van der Waals surface area contributed by atoms with Gasteiger partial charge in [0.1, 0.15) is 23.8 Å². The van der Waals surface area contributed by atoms with E-state index >= 15 is 0 Å². The van der Waals surface area contributed by atoms with E-state index in [1.807, 2.05) is 0 Å². The largest absolute Gasteiger partial charge is 0.872 e. The van der Waals surface area contributed by atoms with Gasteiger partial charge in [-0.2, -0.15) is 0 Å². The Bertz CT molecular complexity index is 915. The van der Waals surface area contributed by atoms with Crippen LogP contribution in [-0.4, -0.2) is 33.1 Å². The fourth-order valence-electron chi connectivity index (χ4n) is 3.29. The number of rotatable bonds is 7. The number of carbonyl (C=O) groups excluding carboxylic acids is 1. The molecule has 1 heterocycles. The zero-order valence-corrected chi connectivity index (χ0v) is 16.6. The van der Waals surface area contributed by atoms with Gasteiger partial charge < -0.3 is 24.2 Å². The van der Waals surface area contributed by atoms with Crippen LogP contribution in [-0.2, 0) is 6.54 Å². The number of allylic oxidation sites excluding steroid dienone is 1. The number of Topliss-reactive ketones (excluding diaryl/α,β-unsaturated/α-hetero) is 1. The van der Waals surface area contributed by atoms with Gasteiger partial charge in [0.15, 0.2) is 5.76 Å². The molecule has 28 heavy (non-hydrogen) atoms. The van der Waals surface area contributed by atoms with Crippen molar-refractivity contribution in [1.29, 1.82) is 0 Å². The summed E-state index contributed by atoms with van der Waals surface area (Å²) in [5, 5.41) is 12.4. The third kappa shape index (κ3) is 3.68. The Labute approximate surface area is 164 Å². The molecule has 0 spiro atoms. The third-order valence-corrected chi connectivity index (χ3v) is 5.05. The van der Waals surface area contributed by atoms with Gasteiger partial charge in [0, 0.05) is 17.2 Å². The van der Waals surface area contributed by atoms with Gasteiger partial charge in [0.2, 0.25) is 5.78 Å². The molecule has 2 aromatic carbocycles. The Morgan fingerprint density at radius 2 is 1.86 bits per heavy atom. The molecule has 0 bridgehead atoms. The van der Waals surface area contributed by atoms with Gasteiger partial charge in [-0.15, -0.1) is 0 Å². The highest BCUT2D eigenvalue weighted by molar-refractivity contribution is 6.15. The molecule has 0 aliphatic carbocycles. The summed E-state index contributed by atoms with van der Waals surface area (Å²) in [4.78, 5) is 14.1. The smallest absolute Gasteiger partial charge is 0.231 e. The standard InChI is InChI=1S/C22H25NO5/c1-5-23(6-2)13-17-18(24)10-9-16-21(25)20(28-22(16)17)11-14-7-8-15(26-3)12-19(14)27-4/h7-12,24H,5-6,13H2,1-4H3. The molecule has 1 N–H and O–H groups in total. The number of fused-ring (bicyclic) bond motifs is 1. The second-order valence-electron chi connectivity index (χ2n) is 6.60. The molecule has 1 aliphatic heterocycles. The van der Waals surface area contributed by atoms with Crippen LogP contribution >= 0.6 is 0 Å². The minimum atomic E-state index is -0.233. The SMILES string of the molecule is CC[NH+](CC)Cc1c([O-])ccc2c1OC(=Cc1ccc(OC)cc1OC)C2=O. The van der Waals surface area contributed by atoms with Crippen molar-refractivity contribution < 1.29 is 29.0 Å². The summed E-state index contributed by atoms with van der Waals surface area (Å²) in [6.45, 7) is 6.44. The van der Waals surface area contributed by atoms with Gasteiger partial charge in [-0.3, -0.25) is 4.79 Å². The Balaban J connectivity index is 1.99. The molecule has 0 saturated carbocycles. The van der Waals surface area contributed by atoms with Crippen molar-refractivity contribution in [3.63, 3.8) is 0 Å². The molecular weight excluding hydrogens is 358 g/mol. The topological polar surface area (TPSA) is 72.3 Å². The fourth-order valence-corrected chi connectivity index (χ4v) is 3.29. The van der Waals surface area contributed by atoms with Crippen LogP contribution in [0.25, 0.3) is 6.08 Å². The molecule has 6 nitrogen and oxygen atoms in total. The zero-order chi connectivity index (χ0) is 20.3. The van der Waals surface area contributed by atoms with E-state index in [-0.39, 0.29) is 17.3 Å². The number of ether oxygens (including phenoxy) is 3. The summed E-state index contributed by atoms with van der Waals surface area (Å²) in [6.07, 6.45) is 1.64. The normalized spacial score (nSPS) is 14.3. The van der Waals surface area contributed by atoms with Crippen LogP contribution in [0.3, 0.4) is 0 Å². The molecule has 6 heteroatoms. The highest BCUT2D eigenvalue weighted by Gasteiger charge is 2.31. The van der Waals surface area contributed by atoms with Crippen molar-refractivity contribution in [3.05, 3.63) is 52.8 Å². The first-order valence-electron chi connectivity index (χ1n) is 9.35. The van der Waals surface area contributed by atoms with Crippen LogP contribution < -0.4 is 24.2 Å². The van der Waals surface area contributed by atoms with Gasteiger partial charge in [-0.05, 0) is 38.1 Å². The first-order valence-corrected chi connectivity index (χ1v) is 9.35. The second-order valence-corrected chi connectivity index (χ2v) is 6.60. The number of benzene rings is 2. The Morgan fingerprint density at radius 1 is 1.11 bits per heavy atom. The number of ketones is 1. The number of carbonyl (C=O) groups is 1. The number of hydrogen-bond donors (Lipinski definition) is 1. The Hall–Kier alpha value is -2.99. The molecule has 2 aromatic rings. The quantitative estimate of drug-likeness (QED) is 0.739. The summed E-state index contributed by atoms with van der Waals surface area (Å²) < 4.78 is 16.5. The van der Waals surface area contributed by atoms with Crippen LogP contribution in [0.5, 0.6) is 23.0 Å². The van der Waals surface area contributed by atoms with Gasteiger partial charge >= 0.3 is 0 Å². The Kier molecular flexibility index (Phi) is 5.90. The molecule has 0 radical (unpaired) electrons. The second kappa shape index (κ2) is 8.35. The van der Waals surface area contributed by atoms with E-state index in [0.29, 0.717) is 40.5 Å². The number of quaternary nitrogens is 1. The summed E-state index contributed by atoms with van der Waals surface area (Å²) in [5.74, 6) is 1.45. The maximum atomic E-state index is 12.8. The van der Waals surface area contributed by atoms with Crippen molar-refractivity contribution in [1.82, 2.24) is 0 Å². The number of hydrogen-bond acceptors (Lipinski definition) is 5. The van der Waals surface area contributed by atoms with E-state index in [1.165, 1.54) is 11.0 Å². The molecular formula is C22H25NO5. The minimum Gasteiger partial charge on any atom is -0.872 e. The molecule has 3 rings (SSSR count). The first-order chi connectivity index (χ1) is 13.5. The molecule has 0 amide bonds. The maximum Gasteiger partial charge on any atom is 0.231 e. The van der Waals surface area contributed by atoms with Crippen molar-refractivity contribution in [3.8, 4) is 23.0 Å². The van der Waals surface area contributed by atoms with E-state index in [1.54, 1.807) is 44.6 Å². The van der Waals surface area contributed by atoms with Crippen LogP contribution in [0, 0.1) is 0 Å². The van der Waals surface area contributed by atoms with E-state index in [4.69, 9.17) is 14.2 Å². The lowest BCUT2D eigenvalue weighted by molar-refractivity contribution is -0.910. The average molecular weight is 383 g/mol. The summed E-state index contributed by atoms with van der Waals surface area (Å²) >= 11 is 0. The molecule has 1 aliphatic rings. The lowest BCUT2D eigenvalue weighted by Crippen LogP contribution is -3.10. The van der Waals surface area contributed by atoms with Crippen molar-refractivity contribution in [2.24, 2.45) is 0 Å². The van der Waals surface area contributed by atoms with E-state index < -0.39 is 0 Å². The van der Waals surface area contributed by atoms with E-state index in [0.717, 1.165) is 13.1 Å². The lowest BCUT2D eigenvalue weighted by atomic mass is 10.0. The van der Waals surface area contributed by atoms with Gasteiger partial charge in [0.05, 0.1) is 32.9 Å². The van der Waals surface area contributed by atoms with E-state index in [2.05, 4.69) is 13.8 Å². The molecule has 0 unspecified atom stereocenters. The number of nitrogens with one attached hydrogen (secondary N) is 1. The maximum absolute atomic E-state index is 12.8. The van der Waals surface area contributed by atoms with E-state index in [9.17, 15) is 9.90 Å². The Morgan fingerprint density at radius 3 is 2.50 bits per heavy atom. The predicted molar refractivity (Wildman–Crippen MR) is 104 cm³/mol. The van der Waals surface area contributed by atoms with Crippen LogP contribution in [0.15, 0.2) is 36.1 Å². The van der Waals surface area contributed by atoms with Gasteiger partial charge in [-0.25, -0.2) is 0 Å². The lowest BCUT2D eigenvalue weighted by Gasteiger charge is -2.21. The minimum absolute atomic E-state index is 0.103. The van der Waals surface area contributed by atoms with Crippen LogP contribution in [0.2, 0.25) is 0 Å². The average Bonchev–Trinajstić information content (AvgIpc) is 3.03. The summed E-state index contributed by atoms with van der Waals surface area (Å²) in [5.41, 5.74) is 1.67. The zero-order valence-electron chi connectivity index (χ0n) is 16.6. The highest BCUT2D eigenvalue weighted by Crippen LogP contribution is 2.39. The van der Waals surface area contributed by atoms with Gasteiger partial charge in [0.25, 0.3) is 0 Å². The van der Waals surface area contributed by atoms with Crippen molar-refractivity contribution in [2.75, 3.05) is 27.3 Å². The molecule has 0 aromatic heterocycles. The highest BCUT2D eigenvalue weighted by atomic mass is 16.5. The first kappa shape index (κ1) is 19.8.